The number of rotatable bonds is 6. The molecule has 162 valence electrons. The monoisotopic (exact) mass is 427 g/mol. The Balaban J connectivity index is 1.57. The third-order valence-corrected chi connectivity index (χ3v) is 5.38. The standard InChI is InChI=1S/C26H25N3O3/c1-26(2)15-19-9-10-21(32-3)13-22(19)23(29-26)14-24(30)17-6-4-7-18(12-17)25(31)28-20-8-5-11-27-16-20/h4-13,16H,14-15H2,1-3H3,(H,28,31). The molecule has 1 amide bonds. The highest BCUT2D eigenvalue weighted by atomic mass is 16.5. The predicted molar refractivity (Wildman–Crippen MR) is 125 cm³/mol. The second-order valence-electron chi connectivity index (χ2n) is 8.45. The van der Waals surface area contributed by atoms with Crippen molar-refractivity contribution in [2.45, 2.75) is 32.2 Å². The normalized spacial score (nSPS) is 14.2. The molecule has 0 atom stereocenters. The molecular formula is C26H25N3O3. The number of aliphatic imine (C=N–C) groups is 1. The van der Waals surface area contributed by atoms with Gasteiger partial charge in [-0.1, -0.05) is 18.2 Å². The van der Waals surface area contributed by atoms with E-state index in [9.17, 15) is 9.59 Å². The summed E-state index contributed by atoms with van der Waals surface area (Å²) >= 11 is 0. The fourth-order valence-corrected chi connectivity index (χ4v) is 3.90. The van der Waals surface area contributed by atoms with Gasteiger partial charge < -0.3 is 10.1 Å². The van der Waals surface area contributed by atoms with Crippen LogP contribution in [-0.2, 0) is 6.42 Å². The van der Waals surface area contributed by atoms with E-state index >= 15 is 0 Å². The number of pyridine rings is 1. The van der Waals surface area contributed by atoms with Gasteiger partial charge in [-0.3, -0.25) is 19.6 Å². The van der Waals surface area contributed by atoms with Gasteiger partial charge in [0.25, 0.3) is 5.91 Å². The van der Waals surface area contributed by atoms with Crippen LogP contribution in [0.15, 0.2) is 72.0 Å². The lowest BCUT2D eigenvalue weighted by atomic mass is 9.85. The predicted octanol–water partition coefficient (Wildman–Crippen LogP) is 4.74. The molecule has 1 aromatic heterocycles. The second kappa shape index (κ2) is 8.75. The zero-order valence-corrected chi connectivity index (χ0v) is 18.4. The highest BCUT2D eigenvalue weighted by Gasteiger charge is 2.28. The van der Waals surface area contributed by atoms with E-state index in [0.29, 0.717) is 16.8 Å². The first kappa shape index (κ1) is 21.4. The fraction of sp³-hybridized carbons (Fsp3) is 0.231. The van der Waals surface area contributed by atoms with Crippen molar-refractivity contribution in [1.82, 2.24) is 4.98 Å². The van der Waals surface area contributed by atoms with Gasteiger partial charge in [0.05, 0.1) is 36.7 Å². The molecule has 6 heteroatoms. The van der Waals surface area contributed by atoms with Crippen LogP contribution in [0.2, 0.25) is 0 Å². The van der Waals surface area contributed by atoms with Crippen molar-refractivity contribution in [3.05, 3.63) is 89.2 Å². The number of nitrogens with zero attached hydrogens (tertiary/aromatic N) is 2. The number of amides is 1. The lowest BCUT2D eigenvalue weighted by Crippen LogP contribution is -2.30. The van der Waals surface area contributed by atoms with Gasteiger partial charge in [-0.05, 0) is 62.2 Å². The number of ether oxygens (including phenoxy) is 1. The summed E-state index contributed by atoms with van der Waals surface area (Å²) in [5.74, 6) is 0.350. The van der Waals surface area contributed by atoms with Crippen LogP contribution in [0.4, 0.5) is 5.69 Å². The molecule has 3 aromatic rings. The first-order valence-electron chi connectivity index (χ1n) is 10.5. The zero-order chi connectivity index (χ0) is 22.7. The van der Waals surface area contributed by atoms with Crippen LogP contribution >= 0.6 is 0 Å². The molecule has 0 saturated carbocycles. The summed E-state index contributed by atoms with van der Waals surface area (Å²) in [6.45, 7) is 4.13. The number of aromatic nitrogens is 1. The Morgan fingerprint density at radius 2 is 1.88 bits per heavy atom. The quantitative estimate of drug-likeness (QED) is 0.576. The minimum atomic E-state index is -0.293. The number of benzene rings is 2. The van der Waals surface area contributed by atoms with Gasteiger partial charge in [-0.2, -0.15) is 0 Å². The third kappa shape index (κ3) is 4.75. The lowest BCUT2D eigenvalue weighted by molar-refractivity contribution is 0.100. The van der Waals surface area contributed by atoms with E-state index in [1.807, 2.05) is 18.2 Å². The van der Waals surface area contributed by atoms with E-state index in [2.05, 4.69) is 24.1 Å². The Morgan fingerprint density at radius 1 is 1.06 bits per heavy atom. The molecule has 0 unspecified atom stereocenters. The van der Waals surface area contributed by atoms with E-state index in [-0.39, 0.29) is 23.7 Å². The molecule has 1 aliphatic heterocycles. The number of fused-ring (bicyclic) bond motifs is 1. The maximum Gasteiger partial charge on any atom is 0.255 e. The molecular weight excluding hydrogens is 402 g/mol. The molecule has 2 heterocycles. The zero-order valence-electron chi connectivity index (χ0n) is 18.4. The second-order valence-corrected chi connectivity index (χ2v) is 8.45. The maximum absolute atomic E-state index is 13.2. The van der Waals surface area contributed by atoms with E-state index in [4.69, 9.17) is 9.73 Å². The minimum Gasteiger partial charge on any atom is -0.497 e. The van der Waals surface area contributed by atoms with Crippen molar-refractivity contribution in [2.24, 2.45) is 4.99 Å². The van der Waals surface area contributed by atoms with Gasteiger partial charge in [-0.15, -0.1) is 0 Å². The largest absolute Gasteiger partial charge is 0.497 e. The third-order valence-electron chi connectivity index (χ3n) is 5.38. The van der Waals surface area contributed by atoms with Gasteiger partial charge in [0.1, 0.15) is 5.75 Å². The summed E-state index contributed by atoms with van der Waals surface area (Å²) in [7, 11) is 1.62. The number of carbonyl (C=O) groups is 2. The van der Waals surface area contributed by atoms with Crippen molar-refractivity contribution in [1.29, 1.82) is 0 Å². The number of methoxy groups -OCH3 is 1. The summed E-state index contributed by atoms with van der Waals surface area (Å²) < 4.78 is 5.37. The average molecular weight is 428 g/mol. The molecule has 1 N–H and O–H groups in total. The summed E-state index contributed by atoms with van der Waals surface area (Å²) in [6, 6.07) is 16.2. The topological polar surface area (TPSA) is 80.7 Å². The fourth-order valence-electron chi connectivity index (χ4n) is 3.90. The number of anilines is 1. The Hall–Kier alpha value is -3.80. The van der Waals surface area contributed by atoms with Crippen molar-refractivity contribution in [3.63, 3.8) is 0 Å². The molecule has 0 bridgehead atoms. The van der Waals surface area contributed by atoms with Crippen LogP contribution in [-0.4, -0.2) is 35.0 Å². The van der Waals surface area contributed by atoms with Crippen molar-refractivity contribution >= 4 is 23.1 Å². The number of ketones is 1. The molecule has 0 saturated heterocycles. The molecule has 1 aliphatic rings. The van der Waals surface area contributed by atoms with Crippen LogP contribution in [0.25, 0.3) is 0 Å². The molecule has 0 radical (unpaired) electrons. The van der Waals surface area contributed by atoms with Crippen LogP contribution < -0.4 is 10.1 Å². The number of nitrogens with one attached hydrogen (secondary N) is 1. The molecule has 0 fully saturated rings. The molecule has 2 aromatic carbocycles. The van der Waals surface area contributed by atoms with Crippen LogP contribution in [0.1, 0.15) is 52.1 Å². The van der Waals surface area contributed by atoms with Gasteiger partial charge >= 0.3 is 0 Å². The highest BCUT2D eigenvalue weighted by Crippen LogP contribution is 2.31. The van der Waals surface area contributed by atoms with Gasteiger partial charge in [0.15, 0.2) is 5.78 Å². The molecule has 0 aliphatic carbocycles. The van der Waals surface area contributed by atoms with Gasteiger partial charge in [0, 0.05) is 22.9 Å². The van der Waals surface area contributed by atoms with Crippen molar-refractivity contribution in [3.8, 4) is 5.75 Å². The first-order valence-corrected chi connectivity index (χ1v) is 10.5. The van der Waals surface area contributed by atoms with E-state index in [0.717, 1.165) is 29.0 Å². The highest BCUT2D eigenvalue weighted by molar-refractivity contribution is 6.17. The average Bonchev–Trinajstić information content (AvgIpc) is 2.79. The van der Waals surface area contributed by atoms with Crippen LogP contribution in [0, 0.1) is 0 Å². The Bertz CT molecular complexity index is 1200. The SMILES string of the molecule is COc1ccc2c(c1)C(CC(=O)c1cccc(C(=O)Nc3cccnc3)c1)=NC(C)(C)C2. The van der Waals surface area contributed by atoms with E-state index in [1.165, 1.54) is 0 Å². The molecule has 32 heavy (non-hydrogen) atoms. The summed E-state index contributed by atoms with van der Waals surface area (Å²) in [5, 5.41) is 2.79. The van der Waals surface area contributed by atoms with E-state index in [1.54, 1.807) is 55.9 Å². The Kier molecular flexibility index (Phi) is 5.86. The van der Waals surface area contributed by atoms with Gasteiger partial charge in [0.2, 0.25) is 0 Å². The summed E-state index contributed by atoms with van der Waals surface area (Å²) in [6.07, 6.45) is 4.16. The molecule has 0 spiro atoms. The van der Waals surface area contributed by atoms with Gasteiger partial charge in [-0.25, -0.2) is 0 Å². The number of carbonyl (C=O) groups excluding carboxylic acids is 2. The van der Waals surface area contributed by atoms with Crippen molar-refractivity contribution in [2.75, 3.05) is 12.4 Å². The van der Waals surface area contributed by atoms with Crippen LogP contribution in [0.5, 0.6) is 5.75 Å². The van der Waals surface area contributed by atoms with Crippen LogP contribution in [0.3, 0.4) is 0 Å². The smallest absolute Gasteiger partial charge is 0.255 e. The number of Topliss-reactive ketones (excluding diaryl/α,β-unsaturated/α-hetero) is 1. The lowest BCUT2D eigenvalue weighted by Gasteiger charge is -2.29. The maximum atomic E-state index is 13.2. The Morgan fingerprint density at radius 3 is 2.62 bits per heavy atom. The number of hydrogen-bond acceptors (Lipinski definition) is 5. The summed E-state index contributed by atoms with van der Waals surface area (Å²) in [4.78, 5) is 34.6. The first-order chi connectivity index (χ1) is 15.3. The van der Waals surface area contributed by atoms with E-state index < -0.39 is 0 Å². The minimum absolute atomic E-state index is 0.0914. The molecule has 6 nitrogen and oxygen atoms in total. The number of hydrogen-bond donors (Lipinski definition) is 1. The molecule has 4 rings (SSSR count). The Labute approximate surface area is 187 Å². The summed E-state index contributed by atoms with van der Waals surface area (Å²) in [5.41, 5.74) is 4.03. The van der Waals surface area contributed by atoms with Crippen molar-refractivity contribution < 1.29 is 14.3 Å².